The molecule has 0 saturated carbocycles. The molecule has 3 nitrogen and oxygen atoms in total. The van der Waals surface area contributed by atoms with Gasteiger partial charge in [0.15, 0.2) is 0 Å². The number of fused-ring (bicyclic) bond motifs is 10. The molecule has 0 spiro atoms. The topological polar surface area (TPSA) is 27.7 Å². The van der Waals surface area contributed by atoms with Gasteiger partial charge in [-0.2, -0.15) is 0 Å². The number of rotatable bonds is 6. The van der Waals surface area contributed by atoms with E-state index in [1.807, 2.05) is 0 Å². The number of methoxy groups -OCH3 is 3. The average Bonchev–Trinajstić information content (AvgIpc) is 3.94. The highest BCUT2D eigenvalue weighted by atomic mass is 16.5. The Morgan fingerprint density at radius 2 is 0.514 bits per heavy atom. The maximum atomic E-state index is 5.75. The van der Waals surface area contributed by atoms with E-state index in [-0.39, 0.29) is 0 Å². The lowest BCUT2D eigenvalue weighted by molar-refractivity contribution is 0.415. The summed E-state index contributed by atoms with van der Waals surface area (Å²) in [5.74, 6) is 2.55. The third-order valence-electron chi connectivity index (χ3n) is 16.2. The largest absolute Gasteiger partial charge is 0.497 e. The molecule has 0 N–H and O–H groups in total. The Labute approximate surface area is 401 Å². The maximum absolute atomic E-state index is 5.75. The molecule has 0 fully saturated rings. The van der Waals surface area contributed by atoms with Gasteiger partial charge in [-0.25, -0.2) is 0 Å². The highest BCUT2D eigenvalue weighted by Gasteiger charge is 2.29. The highest BCUT2D eigenvalue weighted by molar-refractivity contribution is 6.50. The standard InChI is InChI=1S/C67H40O3/c1-68-39-19-13-35(14-20-39)42-25-26-45-47-28-30-49-51-32-34-55-63-54(33-31-50(62(51)63)48-29-27-46(60(47)61(48)49)44-10-6-9-43(42)59(44)45)66-57(37-15-21-40(69-2)22-16-37)64-52-11-4-7-36-8-5-12-53(56(36)52)65(64)58(67(55)66)38-17-23-41(70-3)24-18-38/h4-34H,1-3H3. The van der Waals surface area contributed by atoms with E-state index < -0.39 is 0 Å². The molecule has 16 aromatic carbocycles. The first-order valence-electron chi connectivity index (χ1n) is 24.1. The molecule has 0 saturated heterocycles. The monoisotopic (exact) mass is 892 g/mol. The van der Waals surface area contributed by atoms with E-state index in [1.54, 1.807) is 21.3 Å². The summed E-state index contributed by atoms with van der Waals surface area (Å²) in [6.45, 7) is 0. The Balaban J connectivity index is 1.07. The molecule has 326 valence electrons. The molecular formula is C67H40O3. The van der Waals surface area contributed by atoms with E-state index in [0.29, 0.717) is 0 Å². The molecule has 0 aliphatic carbocycles. The first kappa shape index (κ1) is 38.1. The van der Waals surface area contributed by atoms with Crippen LogP contribution in [0.1, 0.15) is 0 Å². The van der Waals surface area contributed by atoms with E-state index in [9.17, 15) is 0 Å². The number of ether oxygens (including phenoxy) is 3. The number of hydrogen-bond donors (Lipinski definition) is 0. The van der Waals surface area contributed by atoms with Crippen molar-refractivity contribution in [1.82, 2.24) is 0 Å². The summed E-state index contributed by atoms with van der Waals surface area (Å²) in [7, 11) is 5.21. The molecule has 0 bridgehead atoms. The summed E-state index contributed by atoms with van der Waals surface area (Å²) in [5, 5.41) is 31.1. The number of hydrogen-bond acceptors (Lipinski definition) is 3. The van der Waals surface area contributed by atoms with Gasteiger partial charge in [-0.1, -0.05) is 152 Å². The summed E-state index contributed by atoms with van der Waals surface area (Å²) in [4.78, 5) is 0. The van der Waals surface area contributed by atoms with Gasteiger partial charge in [0.05, 0.1) is 21.3 Å². The second-order valence-corrected chi connectivity index (χ2v) is 19.2. The first-order chi connectivity index (χ1) is 34.6. The highest BCUT2D eigenvalue weighted by Crippen LogP contribution is 2.58. The summed E-state index contributed by atoms with van der Waals surface area (Å²) in [6.07, 6.45) is 0. The molecule has 0 radical (unpaired) electrons. The van der Waals surface area contributed by atoms with Crippen molar-refractivity contribution in [1.29, 1.82) is 0 Å². The zero-order valence-corrected chi connectivity index (χ0v) is 38.6. The van der Waals surface area contributed by atoms with Crippen LogP contribution in [0.3, 0.4) is 0 Å². The maximum Gasteiger partial charge on any atom is 0.118 e. The first-order valence-corrected chi connectivity index (χ1v) is 24.1. The van der Waals surface area contributed by atoms with Crippen molar-refractivity contribution in [3.8, 4) is 50.6 Å². The molecule has 16 aromatic rings. The number of benzene rings is 14. The normalized spacial score (nSPS) is 12.5. The Morgan fingerprint density at radius 1 is 0.214 bits per heavy atom. The third kappa shape index (κ3) is 4.69. The van der Waals surface area contributed by atoms with E-state index in [4.69, 9.17) is 14.2 Å². The Bertz CT molecular complexity index is 4600. The van der Waals surface area contributed by atoms with Gasteiger partial charge < -0.3 is 14.2 Å². The fourth-order valence-electron chi connectivity index (χ4n) is 13.3. The fraction of sp³-hybridized carbons (Fsp3) is 0.0448. The minimum atomic E-state index is 0.844. The molecule has 16 rings (SSSR count). The van der Waals surface area contributed by atoms with Crippen LogP contribution >= 0.6 is 0 Å². The summed E-state index contributed by atoms with van der Waals surface area (Å²) < 4.78 is 17.0. The summed E-state index contributed by atoms with van der Waals surface area (Å²) in [5.41, 5.74) is 7.29. The summed E-state index contributed by atoms with van der Waals surface area (Å²) in [6, 6.07) is 70.4. The zero-order chi connectivity index (χ0) is 46.1. The lowest BCUT2D eigenvalue weighted by atomic mass is 9.83. The van der Waals surface area contributed by atoms with Gasteiger partial charge in [0.2, 0.25) is 0 Å². The third-order valence-corrected chi connectivity index (χ3v) is 16.2. The van der Waals surface area contributed by atoms with Gasteiger partial charge in [-0.3, -0.25) is 0 Å². The van der Waals surface area contributed by atoms with Crippen LogP contribution < -0.4 is 14.2 Å². The molecular weight excluding hydrogens is 853 g/mol. The molecule has 70 heavy (non-hydrogen) atoms. The molecule has 0 aromatic heterocycles. The van der Waals surface area contributed by atoms with Crippen LogP contribution in [0.4, 0.5) is 0 Å². The van der Waals surface area contributed by atoms with Crippen LogP contribution in [0.15, 0.2) is 188 Å². The van der Waals surface area contributed by atoms with Crippen molar-refractivity contribution in [2.24, 2.45) is 0 Å². The Morgan fingerprint density at radius 3 is 0.943 bits per heavy atom. The van der Waals surface area contributed by atoms with Gasteiger partial charge in [-0.05, 0) is 199 Å². The van der Waals surface area contributed by atoms with Crippen LogP contribution in [0.5, 0.6) is 17.2 Å². The van der Waals surface area contributed by atoms with E-state index in [0.717, 1.165) is 17.2 Å². The van der Waals surface area contributed by atoms with Crippen molar-refractivity contribution >= 4 is 129 Å². The molecule has 0 atom stereocenters. The van der Waals surface area contributed by atoms with Gasteiger partial charge in [-0.15, -0.1) is 0 Å². The summed E-state index contributed by atoms with van der Waals surface area (Å²) >= 11 is 0. The Hall–Kier alpha value is -8.92. The van der Waals surface area contributed by atoms with Crippen molar-refractivity contribution < 1.29 is 14.2 Å². The van der Waals surface area contributed by atoms with Crippen molar-refractivity contribution in [2.75, 3.05) is 21.3 Å². The van der Waals surface area contributed by atoms with Crippen LogP contribution in [-0.4, -0.2) is 21.3 Å². The van der Waals surface area contributed by atoms with Crippen molar-refractivity contribution in [2.45, 2.75) is 0 Å². The minimum Gasteiger partial charge on any atom is -0.497 e. The zero-order valence-electron chi connectivity index (χ0n) is 38.6. The van der Waals surface area contributed by atoms with Gasteiger partial charge >= 0.3 is 0 Å². The Kier molecular flexibility index (Phi) is 7.41. The van der Waals surface area contributed by atoms with Gasteiger partial charge in [0, 0.05) is 0 Å². The minimum absolute atomic E-state index is 0.844. The lowest BCUT2D eigenvalue weighted by Gasteiger charge is -2.20. The van der Waals surface area contributed by atoms with Crippen molar-refractivity contribution in [3.05, 3.63) is 188 Å². The SMILES string of the molecule is COc1ccc(-c2ccc3c4ccc5c6ccc7c8c(-c9ccc(OC)cc9)c9c%10cccc%11cccc(c9c(-c9ccc(OC)cc9)c8c8ccc(c9ccc(c%12cccc2c%123)c4c95)c6c87)c%11%10)cc1. The van der Waals surface area contributed by atoms with Gasteiger partial charge in [0.1, 0.15) is 17.2 Å². The smallest absolute Gasteiger partial charge is 0.118 e. The quantitative estimate of drug-likeness (QED) is 0.123. The van der Waals surface area contributed by atoms with Crippen molar-refractivity contribution in [3.63, 3.8) is 0 Å². The van der Waals surface area contributed by atoms with Crippen LogP contribution in [0.25, 0.3) is 163 Å². The van der Waals surface area contributed by atoms with Crippen LogP contribution in [0, 0.1) is 0 Å². The molecule has 0 aliphatic heterocycles. The second-order valence-electron chi connectivity index (χ2n) is 19.2. The van der Waals surface area contributed by atoms with E-state index >= 15 is 0 Å². The average molecular weight is 893 g/mol. The molecule has 3 heteroatoms. The van der Waals surface area contributed by atoms with Gasteiger partial charge in [0.25, 0.3) is 0 Å². The van der Waals surface area contributed by atoms with Crippen LogP contribution in [0.2, 0.25) is 0 Å². The lowest BCUT2D eigenvalue weighted by Crippen LogP contribution is -1.92. The van der Waals surface area contributed by atoms with E-state index in [1.165, 1.54) is 163 Å². The molecule has 0 heterocycles. The molecule has 0 amide bonds. The fourth-order valence-corrected chi connectivity index (χ4v) is 13.3. The van der Waals surface area contributed by atoms with E-state index in [2.05, 4.69) is 188 Å². The molecule has 0 unspecified atom stereocenters. The second kappa shape index (κ2) is 13.6. The molecule has 0 aliphatic rings. The predicted molar refractivity (Wildman–Crippen MR) is 297 cm³/mol. The predicted octanol–water partition coefficient (Wildman–Crippen LogP) is 18.3. The van der Waals surface area contributed by atoms with Crippen LogP contribution in [-0.2, 0) is 0 Å².